The molecule has 20 heavy (non-hydrogen) atoms. The van der Waals surface area contributed by atoms with Crippen LogP contribution in [0.1, 0.15) is 37.2 Å². The second-order valence-electron chi connectivity index (χ2n) is 5.34. The Morgan fingerprint density at radius 2 is 2.30 bits per heavy atom. The summed E-state index contributed by atoms with van der Waals surface area (Å²) < 4.78 is 0. The number of H-pyrrole nitrogens is 1. The lowest BCUT2D eigenvalue weighted by atomic mass is 10.0. The topological polar surface area (TPSA) is 78.1 Å². The molecule has 1 fully saturated rings. The molecule has 1 aromatic rings. The Balaban J connectivity index is 1.95. The maximum atomic E-state index is 12.0. The van der Waals surface area contributed by atoms with Crippen molar-refractivity contribution in [2.45, 2.75) is 32.7 Å². The molecule has 0 bridgehead atoms. The van der Waals surface area contributed by atoms with Gasteiger partial charge >= 0.3 is 0 Å². The van der Waals surface area contributed by atoms with Crippen molar-refractivity contribution in [3.63, 3.8) is 0 Å². The van der Waals surface area contributed by atoms with Crippen molar-refractivity contribution < 1.29 is 9.59 Å². The van der Waals surface area contributed by atoms with Gasteiger partial charge in [0, 0.05) is 25.0 Å². The average Bonchev–Trinajstić information content (AvgIpc) is 2.84. The highest BCUT2D eigenvalue weighted by Crippen LogP contribution is 2.15. The van der Waals surface area contributed by atoms with Gasteiger partial charge in [0.25, 0.3) is 5.91 Å². The summed E-state index contributed by atoms with van der Waals surface area (Å²) in [6, 6.07) is -0.0432. The Bertz CT molecular complexity index is 500. The van der Waals surface area contributed by atoms with Crippen molar-refractivity contribution >= 4 is 23.4 Å². The van der Waals surface area contributed by atoms with Crippen molar-refractivity contribution in [3.8, 4) is 0 Å². The van der Waals surface area contributed by atoms with Crippen molar-refractivity contribution in [3.05, 3.63) is 16.9 Å². The molecule has 0 spiro atoms. The third kappa shape index (κ3) is 3.30. The lowest BCUT2D eigenvalue weighted by molar-refractivity contribution is -0.135. The van der Waals surface area contributed by atoms with Gasteiger partial charge in [0.1, 0.15) is 5.69 Å². The normalized spacial score (nSPS) is 19.2. The second kappa shape index (κ2) is 6.26. The number of hydrogen-bond acceptors (Lipinski definition) is 3. The smallest absolute Gasteiger partial charge is 0.271 e. The van der Waals surface area contributed by atoms with Gasteiger partial charge in [-0.05, 0) is 12.8 Å². The predicted octanol–water partition coefficient (Wildman–Crippen LogP) is 1.44. The summed E-state index contributed by atoms with van der Waals surface area (Å²) in [6.07, 6.45) is 3.14. The molecule has 2 N–H and O–H groups in total. The summed E-state index contributed by atoms with van der Waals surface area (Å²) in [5.41, 5.74) is 0.263. The molecule has 2 heterocycles. The van der Waals surface area contributed by atoms with Crippen LogP contribution >= 0.6 is 11.6 Å². The molecule has 0 aromatic carbocycles. The highest BCUT2D eigenvalue weighted by Gasteiger charge is 2.26. The first-order chi connectivity index (χ1) is 9.49. The van der Waals surface area contributed by atoms with Crippen molar-refractivity contribution in [2.75, 3.05) is 13.1 Å². The van der Waals surface area contributed by atoms with E-state index in [1.807, 2.05) is 18.7 Å². The molecular weight excluding hydrogens is 280 g/mol. The fourth-order valence-corrected chi connectivity index (χ4v) is 2.53. The lowest BCUT2D eigenvalue weighted by Crippen LogP contribution is -2.50. The maximum absolute atomic E-state index is 12.0. The molecule has 2 amide bonds. The predicted molar refractivity (Wildman–Crippen MR) is 75.5 cm³/mol. The van der Waals surface area contributed by atoms with E-state index in [0.717, 1.165) is 19.4 Å². The highest BCUT2D eigenvalue weighted by atomic mass is 35.5. The third-order valence-electron chi connectivity index (χ3n) is 3.38. The zero-order chi connectivity index (χ0) is 14.7. The van der Waals surface area contributed by atoms with Gasteiger partial charge in [-0.15, -0.1) is 0 Å². The lowest BCUT2D eigenvalue weighted by Gasteiger charge is -2.34. The van der Waals surface area contributed by atoms with E-state index in [2.05, 4.69) is 15.5 Å². The SMILES string of the molecule is CC(C)C(=O)N1CCC[C@H](NC(=O)c2[nH]ncc2Cl)C1. The van der Waals surface area contributed by atoms with Crippen molar-refractivity contribution in [2.24, 2.45) is 5.92 Å². The van der Waals surface area contributed by atoms with Crippen molar-refractivity contribution in [1.29, 1.82) is 0 Å². The molecule has 2 rings (SSSR count). The number of aromatic nitrogens is 2. The van der Waals surface area contributed by atoms with Gasteiger partial charge in [-0.3, -0.25) is 14.7 Å². The Labute approximate surface area is 122 Å². The first-order valence-electron chi connectivity index (χ1n) is 6.77. The standard InChI is InChI=1S/C13H19ClN4O2/c1-8(2)13(20)18-5-3-4-9(7-18)16-12(19)11-10(14)6-15-17-11/h6,8-9H,3-5,7H2,1-2H3,(H,15,17)(H,16,19)/t9-/m0/s1. The summed E-state index contributed by atoms with van der Waals surface area (Å²) in [4.78, 5) is 25.8. The fourth-order valence-electron chi connectivity index (χ4n) is 2.35. The molecule has 1 saturated heterocycles. The monoisotopic (exact) mass is 298 g/mol. The number of carbonyl (C=O) groups is 2. The van der Waals surface area contributed by atoms with E-state index in [0.29, 0.717) is 11.6 Å². The number of rotatable bonds is 3. The molecule has 0 saturated carbocycles. The Morgan fingerprint density at radius 3 is 2.90 bits per heavy atom. The van der Waals surface area contributed by atoms with Crippen LogP contribution in [-0.4, -0.2) is 46.0 Å². The van der Waals surface area contributed by atoms with Crippen LogP contribution in [0.4, 0.5) is 0 Å². The number of likely N-dealkylation sites (tertiary alicyclic amines) is 1. The van der Waals surface area contributed by atoms with Crippen LogP contribution in [0.25, 0.3) is 0 Å². The van der Waals surface area contributed by atoms with Crippen LogP contribution in [-0.2, 0) is 4.79 Å². The average molecular weight is 299 g/mol. The quantitative estimate of drug-likeness (QED) is 0.886. The number of aromatic amines is 1. The fraction of sp³-hybridized carbons (Fsp3) is 0.615. The number of halogens is 1. The largest absolute Gasteiger partial charge is 0.346 e. The van der Waals surface area contributed by atoms with Crippen LogP contribution < -0.4 is 5.32 Å². The molecule has 0 unspecified atom stereocenters. The van der Waals surface area contributed by atoms with Gasteiger partial charge in [0.2, 0.25) is 5.91 Å². The minimum absolute atomic E-state index is 0.0218. The number of piperidine rings is 1. The molecule has 1 aliphatic rings. The second-order valence-corrected chi connectivity index (χ2v) is 5.75. The molecule has 0 radical (unpaired) electrons. The Morgan fingerprint density at radius 1 is 1.55 bits per heavy atom. The van der Waals surface area contributed by atoms with Gasteiger partial charge in [0.05, 0.1) is 11.2 Å². The number of nitrogens with one attached hydrogen (secondary N) is 2. The van der Waals surface area contributed by atoms with Crippen LogP contribution in [0.5, 0.6) is 0 Å². The molecule has 1 atom stereocenters. The van der Waals surface area contributed by atoms with E-state index in [-0.39, 0.29) is 29.5 Å². The van der Waals surface area contributed by atoms with E-state index < -0.39 is 0 Å². The summed E-state index contributed by atoms with van der Waals surface area (Å²) in [6.45, 7) is 5.08. The van der Waals surface area contributed by atoms with Gasteiger partial charge in [-0.2, -0.15) is 5.10 Å². The minimum Gasteiger partial charge on any atom is -0.346 e. The van der Waals surface area contributed by atoms with Gasteiger partial charge in [-0.1, -0.05) is 25.4 Å². The minimum atomic E-state index is -0.281. The van der Waals surface area contributed by atoms with Gasteiger partial charge in [0.15, 0.2) is 0 Å². The maximum Gasteiger partial charge on any atom is 0.271 e. The van der Waals surface area contributed by atoms with E-state index >= 15 is 0 Å². The number of carbonyl (C=O) groups excluding carboxylic acids is 2. The first-order valence-corrected chi connectivity index (χ1v) is 7.15. The molecule has 7 heteroatoms. The molecular formula is C13H19ClN4O2. The molecule has 6 nitrogen and oxygen atoms in total. The molecule has 1 aromatic heterocycles. The summed E-state index contributed by atoms with van der Waals surface area (Å²) in [7, 11) is 0. The van der Waals surface area contributed by atoms with Crippen LogP contribution in [0.2, 0.25) is 5.02 Å². The van der Waals surface area contributed by atoms with Gasteiger partial charge in [-0.25, -0.2) is 0 Å². The van der Waals surface area contributed by atoms with Crippen LogP contribution in [0, 0.1) is 5.92 Å². The number of nitrogens with zero attached hydrogens (tertiary/aromatic N) is 2. The van der Waals surface area contributed by atoms with E-state index in [9.17, 15) is 9.59 Å². The van der Waals surface area contributed by atoms with Crippen LogP contribution in [0.3, 0.4) is 0 Å². The number of amides is 2. The van der Waals surface area contributed by atoms with Gasteiger partial charge < -0.3 is 10.2 Å². The summed E-state index contributed by atoms with van der Waals surface area (Å²) >= 11 is 5.85. The van der Waals surface area contributed by atoms with Crippen molar-refractivity contribution in [1.82, 2.24) is 20.4 Å². The first kappa shape index (κ1) is 14.8. The Kier molecular flexibility index (Phi) is 4.65. The Hall–Kier alpha value is -1.56. The van der Waals surface area contributed by atoms with E-state index in [1.54, 1.807) is 0 Å². The molecule has 0 aliphatic carbocycles. The third-order valence-corrected chi connectivity index (χ3v) is 3.67. The highest BCUT2D eigenvalue weighted by molar-refractivity contribution is 6.33. The number of hydrogen-bond donors (Lipinski definition) is 2. The summed E-state index contributed by atoms with van der Waals surface area (Å²) in [5.74, 6) is -0.175. The zero-order valence-electron chi connectivity index (χ0n) is 11.6. The van der Waals surface area contributed by atoms with E-state index in [1.165, 1.54) is 6.20 Å². The summed E-state index contributed by atoms with van der Waals surface area (Å²) in [5, 5.41) is 9.49. The van der Waals surface area contributed by atoms with Crippen LogP contribution in [0.15, 0.2) is 6.20 Å². The molecule has 1 aliphatic heterocycles. The van der Waals surface area contributed by atoms with E-state index in [4.69, 9.17) is 11.6 Å². The zero-order valence-corrected chi connectivity index (χ0v) is 12.4. The molecule has 110 valence electrons.